The predicted octanol–water partition coefficient (Wildman–Crippen LogP) is 2.48. The van der Waals surface area contributed by atoms with Gasteiger partial charge in [-0.25, -0.2) is 0 Å². The zero-order valence-corrected chi connectivity index (χ0v) is 32.5. The molecule has 4 heterocycles. The first-order valence-corrected chi connectivity index (χ1v) is 18.5. The van der Waals surface area contributed by atoms with Gasteiger partial charge in [0.2, 0.25) is 0 Å². The molecule has 0 aromatic rings. The Morgan fingerprint density at radius 2 is 1.49 bits per heavy atom. The van der Waals surface area contributed by atoms with Crippen molar-refractivity contribution in [1.82, 2.24) is 4.90 Å². The standard InChI is InChI=1S/C37H63NO13/c1-17-15-37(16-45-37)34(42)21(5)32(49-25(9)39)19(3)23(7)48-35(43)22(6)33(50-28-14-27(44-12)29(40)24(8)47-28)20(4)31(17)51-36-30(41)26(38(10)11)13-18(2)46-36/h17-24,26-33,36,40-41H,13-16H2,1-12H3/t17-,18+,19-,20+,21+,22+,23+,24-,26-,27-,28-,29-,30+,31-,32-,33-,36-,37+/m0/s1. The monoisotopic (exact) mass is 729 g/mol. The van der Waals surface area contributed by atoms with E-state index in [1.165, 1.54) is 14.0 Å². The van der Waals surface area contributed by atoms with Crippen LogP contribution in [0.2, 0.25) is 0 Å². The Bertz CT molecular complexity index is 1200. The van der Waals surface area contributed by atoms with Crippen LogP contribution in [0.4, 0.5) is 0 Å². The third kappa shape index (κ3) is 9.50. The van der Waals surface area contributed by atoms with Crippen molar-refractivity contribution in [3.63, 3.8) is 0 Å². The molecule has 4 rings (SSSR count). The van der Waals surface area contributed by atoms with Crippen molar-refractivity contribution in [1.29, 1.82) is 0 Å². The fourth-order valence-electron chi connectivity index (χ4n) is 8.28. The smallest absolute Gasteiger partial charge is 0.311 e. The number of aliphatic hydroxyl groups is 2. The number of carbonyl (C=O) groups excluding carboxylic acids is 3. The van der Waals surface area contributed by atoms with Crippen LogP contribution in [-0.2, 0) is 52.3 Å². The number of hydrogen-bond acceptors (Lipinski definition) is 14. The van der Waals surface area contributed by atoms with Gasteiger partial charge >= 0.3 is 11.9 Å². The van der Waals surface area contributed by atoms with Crippen molar-refractivity contribution in [3.05, 3.63) is 0 Å². The first-order valence-electron chi connectivity index (χ1n) is 18.5. The molecule has 4 aliphatic rings. The minimum Gasteiger partial charge on any atom is -0.462 e. The number of Topliss-reactive ketones (excluding diaryl/α,β-unsaturated/α-hetero) is 1. The van der Waals surface area contributed by atoms with Gasteiger partial charge in [0.15, 0.2) is 24.0 Å². The lowest BCUT2D eigenvalue weighted by Gasteiger charge is -2.46. The van der Waals surface area contributed by atoms with E-state index in [-0.39, 0.29) is 43.3 Å². The summed E-state index contributed by atoms with van der Waals surface area (Å²) in [6.07, 6.45) is -7.23. The minimum atomic E-state index is -1.14. The highest BCUT2D eigenvalue weighted by atomic mass is 16.7. The second-order valence-electron chi connectivity index (χ2n) is 15.9. The Morgan fingerprint density at radius 1 is 0.843 bits per heavy atom. The number of methoxy groups -OCH3 is 1. The van der Waals surface area contributed by atoms with Crippen molar-refractivity contribution >= 4 is 17.7 Å². The Kier molecular flexibility index (Phi) is 14.1. The summed E-state index contributed by atoms with van der Waals surface area (Å²) in [4.78, 5) is 42.5. The van der Waals surface area contributed by atoms with Crippen LogP contribution in [0.5, 0.6) is 0 Å². The van der Waals surface area contributed by atoms with Crippen LogP contribution in [0.25, 0.3) is 0 Å². The molecule has 14 heteroatoms. The van der Waals surface area contributed by atoms with Crippen LogP contribution in [0.3, 0.4) is 0 Å². The Labute approximate surface area is 303 Å². The van der Waals surface area contributed by atoms with Gasteiger partial charge in [-0.2, -0.15) is 0 Å². The highest BCUT2D eigenvalue weighted by Crippen LogP contribution is 2.43. The molecule has 2 N–H and O–H groups in total. The summed E-state index contributed by atoms with van der Waals surface area (Å²) in [5, 5.41) is 22.1. The maximum Gasteiger partial charge on any atom is 0.311 e. The minimum absolute atomic E-state index is 0.195. The third-order valence-corrected chi connectivity index (χ3v) is 11.7. The Morgan fingerprint density at radius 3 is 2.06 bits per heavy atom. The number of ether oxygens (including phenoxy) is 8. The molecule has 0 amide bonds. The van der Waals surface area contributed by atoms with E-state index in [2.05, 4.69) is 0 Å². The average Bonchev–Trinajstić information content (AvgIpc) is 3.85. The van der Waals surface area contributed by atoms with Crippen molar-refractivity contribution in [2.75, 3.05) is 27.8 Å². The number of hydrogen-bond donors (Lipinski definition) is 2. The molecule has 0 aliphatic carbocycles. The van der Waals surface area contributed by atoms with Gasteiger partial charge in [0, 0.05) is 38.3 Å². The largest absolute Gasteiger partial charge is 0.462 e. The molecule has 0 aromatic carbocycles. The SMILES string of the molecule is CO[C@H]1C[C@H](O[C@H]2[C@H](C)[C@@H](O[C@@H]3O[C@H](C)C[C@H](N(C)C)[C@H]3O)[C@@H](C)C[C@@]3(CO3)C(=O)[C@H](C)[C@@H](OC(C)=O)[C@@H](C)[C@@H](C)OC(=O)[C@@H]2C)O[C@@H](C)[C@@H]1O. The summed E-state index contributed by atoms with van der Waals surface area (Å²) in [6, 6.07) is -0.236. The summed E-state index contributed by atoms with van der Waals surface area (Å²) >= 11 is 0. The van der Waals surface area contributed by atoms with Gasteiger partial charge in [0.05, 0.1) is 49.0 Å². The maximum absolute atomic E-state index is 14.2. The molecule has 0 unspecified atom stereocenters. The Hall–Kier alpha value is -1.75. The Balaban J connectivity index is 1.78. The third-order valence-electron chi connectivity index (χ3n) is 11.7. The number of cyclic esters (lactones) is 1. The average molecular weight is 730 g/mol. The second kappa shape index (κ2) is 17.2. The highest BCUT2D eigenvalue weighted by Gasteiger charge is 2.58. The lowest BCUT2D eigenvalue weighted by Crippen LogP contribution is -2.57. The number of nitrogens with zero attached hydrogens (tertiary/aromatic N) is 1. The summed E-state index contributed by atoms with van der Waals surface area (Å²) in [5.74, 6) is -4.39. The van der Waals surface area contributed by atoms with E-state index in [0.29, 0.717) is 6.42 Å². The van der Waals surface area contributed by atoms with E-state index in [0.717, 1.165) is 0 Å². The van der Waals surface area contributed by atoms with Crippen LogP contribution in [0.1, 0.15) is 81.6 Å². The number of aliphatic hydroxyl groups excluding tert-OH is 2. The quantitative estimate of drug-likeness (QED) is 0.289. The summed E-state index contributed by atoms with van der Waals surface area (Å²) in [7, 11) is 5.31. The van der Waals surface area contributed by atoms with Crippen LogP contribution >= 0.6 is 0 Å². The van der Waals surface area contributed by atoms with E-state index in [1.807, 2.05) is 39.8 Å². The van der Waals surface area contributed by atoms with E-state index in [4.69, 9.17) is 37.9 Å². The first-order chi connectivity index (χ1) is 23.8. The molecule has 0 saturated carbocycles. The molecule has 0 radical (unpaired) electrons. The lowest BCUT2D eigenvalue weighted by molar-refractivity contribution is -0.299. The molecule has 4 aliphatic heterocycles. The first kappa shape index (κ1) is 42.0. The number of carbonyl (C=O) groups is 3. The van der Waals surface area contributed by atoms with E-state index in [9.17, 15) is 24.6 Å². The van der Waals surface area contributed by atoms with Crippen LogP contribution in [0, 0.1) is 29.6 Å². The van der Waals surface area contributed by atoms with Gasteiger partial charge in [-0.05, 0) is 60.5 Å². The second-order valence-corrected chi connectivity index (χ2v) is 15.9. The van der Waals surface area contributed by atoms with Gasteiger partial charge in [0.25, 0.3) is 0 Å². The molecule has 18 atom stereocenters. The van der Waals surface area contributed by atoms with Crippen LogP contribution in [-0.4, -0.2) is 140 Å². The fraction of sp³-hybridized carbons (Fsp3) is 0.919. The molecular formula is C37H63NO13. The highest BCUT2D eigenvalue weighted by molar-refractivity contribution is 5.92. The predicted molar refractivity (Wildman–Crippen MR) is 183 cm³/mol. The summed E-state index contributed by atoms with van der Waals surface area (Å²) in [5.41, 5.74) is -1.14. The number of epoxide rings is 1. The van der Waals surface area contributed by atoms with Gasteiger partial charge in [0.1, 0.15) is 24.4 Å². The van der Waals surface area contributed by atoms with Crippen LogP contribution < -0.4 is 0 Å². The van der Waals surface area contributed by atoms with Gasteiger partial charge in [-0.3, -0.25) is 14.4 Å². The molecule has 1 spiro atoms. The zero-order valence-electron chi connectivity index (χ0n) is 32.5. The molecule has 0 bridgehead atoms. The number of rotatable bonds is 7. The maximum atomic E-state index is 14.2. The number of esters is 2. The van der Waals surface area contributed by atoms with Gasteiger partial charge < -0.3 is 53.0 Å². The van der Waals surface area contributed by atoms with E-state index >= 15 is 0 Å². The molecule has 14 nitrogen and oxygen atoms in total. The van der Waals surface area contributed by atoms with Crippen molar-refractivity contribution in [2.24, 2.45) is 29.6 Å². The van der Waals surface area contributed by atoms with Crippen molar-refractivity contribution in [3.8, 4) is 0 Å². The lowest BCUT2D eigenvalue weighted by atomic mass is 9.76. The summed E-state index contributed by atoms with van der Waals surface area (Å²) in [6.45, 7) is 15.9. The van der Waals surface area contributed by atoms with E-state index in [1.54, 1.807) is 34.6 Å². The molecular weight excluding hydrogens is 666 g/mol. The topological polar surface area (TPSA) is 172 Å². The molecule has 0 aromatic heterocycles. The fourth-order valence-corrected chi connectivity index (χ4v) is 8.28. The number of ketones is 1. The zero-order chi connectivity index (χ0) is 38.1. The van der Waals surface area contributed by atoms with Gasteiger partial charge in [-0.1, -0.05) is 27.7 Å². The molecule has 294 valence electrons. The number of likely N-dealkylation sites (N-methyl/N-ethyl adjacent to an activating group) is 1. The van der Waals surface area contributed by atoms with Crippen molar-refractivity contribution in [2.45, 2.75) is 161 Å². The molecule has 51 heavy (non-hydrogen) atoms. The van der Waals surface area contributed by atoms with Crippen LogP contribution in [0.15, 0.2) is 0 Å². The summed E-state index contributed by atoms with van der Waals surface area (Å²) < 4.78 is 49.0. The van der Waals surface area contributed by atoms with E-state index < -0.39 is 103 Å². The molecule has 4 fully saturated rings. The normalized spacial score (nSPS) is 47.5. The van der Waals surface area contributed by atoms with Gasteiger partial charge in [-0.15, -0.1) is 0 Å². The van der Waals surface area contributed by atoms with Crippen molar-refractivity contribution < 1.29 is 62.5 Å². The molecule has 4 saturated heterocycles.